The van der Waals surface area contributed by atoms with E-state index in [4.69, 9.17) is 10.3 Å². The van der Waals surface area contributed by atoms with Crippen LogP contribution in [0.5, 0.6) is 0 Å². The predicted octanol–water partition coefficient (Wildman–Crippen LogP) is 3.73. The van der Waals surface area contributed by atoms with E-state index in [0.717, 1.165) is 11.6 Å². The number of rotatable bonds is 3. The van der Waals surface area contributed by atoms with Crippen LogP contribution in [0.2, 0.25) is 0 Å². The first kappa shape index (κ1) is 15.5. The monoisotopic (exact) mass is 340 g/mol. The summed E-state index contributed by atoms with van der Waals surface area (Å²) in [6.07, 6.45) is 0. The molecule has 0 radical (unpaired) electrons. The van der Waals surface area contributed by atoms with Gasteiger partial charge in [0, 0.05) is 24.5 Å². The van der Waals surface area contributed by atoms with Crippen LogP contribution in [-0.2, 0) is 6.54 Å². The average molecular weight is 340 g/mol. The number of nitrogens with zero attached hydrogens (tertiary/aromatic N) is 3. The Hall–Kier alpha value is -3.06. The van der Waals surface area contributed by atoms with E-state index in [1.54, 1.807) is 11.5 Å². The van der Waals surface area contributed by atoms with Gasteiger partial charge in [0.1, 0.15) is 11.5 Å². The molecule has 0 unspecified atom stereocenters. The normalized spacial score (nSPS) is 11.4. The van der Waals surface area contributed by atoms with E-state index in [1.807, 2.05) is 24.3 Å². The zero-order valence-corrected chi connectivity index (χ0v) is 13.3. The zero-order chi connectivity index (χ0) is 17.6. The topological polar surface area (TPSA) is 69.9 Å². The van der Waals surface area contributed by atoms with Gasteiger partial charge in [-0.05, 0) is 35.9 Å². The van der Waals surface area contributed by atoms with Crippen molar-refractivity contribution < 1.29 is 13.3 Å². The number of aryl methyl sites for hydroxylation is 1. The van der Waals surface area contributed by atoms with Crippen LogP contribution in [-0.4, -0.2) is 14.7 Å². The molecule has 0 saturated carbocycles. The van der Waals surface area contributed by atoms with E-state index < -0.39 is 11.6 Å². The van der Waals surface area contributed by atoms with E-state index in [2.05, 4.69) is 10.1 Å². The quantitative estimate of drug-likeness (QED) is 0.617. The van der Waals surface area contributed by atoms with Gasteiger partial charge in [0.2, 0.25) is 11.7 Å². The highest BCUT2D eigenvalue weighted by Gasteiger charge is 2.24. The van der Waals surface area contributed by atoms with Crippen LogP contribution in [0.3, 0.4) is 0 Å². The second kappa shape index (κ2) is 5.78. The molecule has 0 spiro atoms. The number of halogens is 2. The fraction of sp³-hybridized carbons (Fsp3) is 0.111. The molecular weight excluding hydrogens is 326 g/mol. The van der Waals surface area contributed by atoms with Gasteiger partial charge in [-0.15, -0.1) is 0 Å². The largest absolute Gasteiger partial charge is 0.339 e. The molecule has 0 fully saturated rings. The molecule has 0 aliphatic heterocycles. The van der Waals surface area contributed by atoms with Crippen molar-refractivity contribution in [2.24, 2.45) is 5.73 Å². The summed E-state index contributed by atoms with van der Waals surface area (Å²) in [5, 5.41) is 3.98. The number of fused-ring (bicyclic) bond motifs is 1. The number of nitrogens with two attached hydrogens (primary N) is 1. The van der Waals surface area contributed by atoms with Crippen molar-refractivity contribution in [3.63, 3.8) is 0 Å². The minimum absolute atomic E-state index is 0.106. The van der Waals surface area contributed by atoms with E-state index in [1.165, 1.54) is 12.1 Å². The molecule has 5 nitrogen and oxygen atoms in total. The van der Waals surface area contributed by atoms with Gasteiger partial charge in [-0.1, -0.05) is 17.3 Å². The van der Waals surface area contributed by atoms with E-state index >= 15 is 4.39 Å². The van der Waals surface area contributed by atoms with Crippen molar-refractivity contribution >= 4 is 10.9 Å². The van der Waals surface area contributed by atoms with E-state index in [-0.39, 0.29) is 16.9 Å². The Bertz CT molecular complexity index is 1070. The first-order chi connectivity index (χ1) is 12.1. The minimum atomic E-state index is -0.599. The number of benzene rings is 2. The molecule has 0 aliphatic rings. The summed E-state index contributed by atoms with van der Waals surface area (Å²) in [6.45, 7) is 2.03. The van der Waals surface area contributed by atoms with Gasteiger partial charge >= 0.3 is 0 Å². The average Bonchev–Trinajstić information content (AvgIpc) is 3.16. The van der Waals surface area contributed by atoms with Crippen LogP contribution in [0.4, 0.5) is 8.78 Å². The smallest absolute Gasteiger partial charge is 0.223 e. The summed E-state index contributed by atoms with van der Waals surface area (Å²) in [7, 11) is 0. The standard InChI is InChI=1S/C18H14F2N4O/c1-10-22-18(23-25-10)17-16(20)14-8-12(19)4-7-15(14)24(17)13-5-2-11(9-21)3-6-13/h2-8H,9,21H2,1H3. The third-order valence-corrected chi connectivity index (χ3v) is 4.04. The SMILES string of the molecule is Cc1nc(-c2c(F)c3cc(F)ccc3n2-c2ccc(CN)cc2)no1. The lowest BCUT2D eigenvalue weighted by Gasteiger charge is -2.09. The van der Waals surface area contributed by atoms with Gasteiger partial charge in [-0.2, -0.15) is 4.98 Å². The third-order valence-electron chi connectivity index (χ3n) is 4.04. The molecule has 25 heavy (non-hydrogen) atoms. The van der Waals surface area contributed by atoms with Crippen LogP contribution in [0.15, 0.2) is 47.0 Å². The molecule has 0 atom stereocenters. The second-order valence-corrected chi connectivity index (χ2v) is 5.67. The molecule has 2 heterocycles. The molecule has 4 rings (SSSR count). The Morgan fingerprint density at radius 3 is 2.52 bits per heavy atom. The molecule has 0 aliphatic carbocycles. The Morgan fingerprint density at radius 2 is 1.88 bits per heavy atom. The summed E-state index contributed by atoms with van der Waals surface area (Å²) in [5.74, 6) is -0.693. The fourth-order valence-electron chi connectivity index (χ4n) is 2.87. The molecule has 0 saturated heterocycles. The van der Waals surface area contributed by atoms with Crippen molar-refractivity contribution in [2.75, 3.05) is 0 Å². The van der Waals surface area contributed by atoms with Gasteiger partial charge in [-0.25, -0.2) is 8.78 Å². The van der Waals surface area contributed by atoms with Crippen LogP contribution < -0.4 is 5.73 Å². The van der Waals surface area contributed by atoms with Crippen molar-refractivity contribution in [1.82, 2.24) is 14.7 Å². The van der Waals surface area contributed by atoms with Crippen molar-refractivity contribution in [2.45, 2.75) is 13.5 Å². The van der Waals surface area contributed by atoms with Gasteiger partial charge in [0.05, 0.1) is 5.52 Å². The number of aromatic nitrogens is 3. The van der Waals surface area contributed by atoms with Crippen LogP contribution >= 0.6 is 0 Å². The van der Waals surface area contributed by atoms with Gasteiger partial charge in [0.15, 0.2) is 5.82 Å². The van der Waals surface area contributed by atoms with Gasteiger partial charge < -0.3 is 14.8 Å². The zero-order valence-electron chi connectivity index (χ0n) is 13.3. The summed E-state index contributed by atoms with van der Waals surface area (Å²) in [5.41, 5.74) is 7.90. The maximum atomic E-state index is 15.1. The highest BCUT2D eigenvalue weighted by Crippen LogP contribution is 2.34. The molecule has 0 bridgehead atoms. The maximum Gasteiger partial charge on any atom is 0.223 e. The molecule has 7 heteroatoms. The Kier molecular flexibility index (Phi) is 3.58. The summed E-state index contributed by atoms with van der Waals surface area (Å²) in [4.78, 5) is 4.13. The molecule has 4 aromatic rings. The lowest BCUT2D eigenvalue weighted by atomic mass is 10.2. The van der Waals surface area contributed by atoms with Crippen LogP contribution in [0, 0.1) is 18.6 Å². The maximum absolute atomic E-state index is 15.1. The first-order valence-corrected chi connectivity index (χ1v) is 7.68. The Morgan fingerprint density at radius 1 is 1.12 bits per heavy atom. The molecule has 2 N–H and O–H groups in total. The Balaban J connectivity index is 2.06. The summed E-state index contributed by atoms with van der Waals surface area (Å²) >= 11 is 0. The second-order valence-electron chi connectivity index (χ2n) is 5.67. The molecule has 2 aromatic heterocycles. The third kappa shape index (κ3) is 2.49. The number of hydrogen-bond donors (Lipinski definition) is 1. The van der Waals surface area contributed by atoms with E-state index in [9.17, 15) is 4.39 Å². The molecule has 0 amide bonds. The highest BCUT2D eigenvalue weighted by molar-refractivity contribution is 5.89. The van der Waals surface area contributed by atoms with Gasteiger partial charge in [0.25, 0.3) is 0 Å². The van der Waals surface area contributed by atoms with Crippen molar-refractivity contribution in [3.8, 4) is 17.2 Å². The van der Waals surface area contributed by atoms with Crippen molar-refractivity contribution in [1.29, 1.82) is 0 Å². The Labute approximate surface area is 141 Å². The van der Waals surface area contributed by atoms with Crippen LogP contribution in [0.1, 0.15) is 11.5 Å². The van der Waals surface area contributed by atoms with E-state index in [0.29, 0.717) is 23.6 Å². The lowest BCUT2D eigenvalue weighted by molar-refractivity contribution is 0.394. The van der Waals surface area contributed by atoms with Gasteiger partial charge in [-0.3, -0.25) is 0 Å². The fourth-order valence-corrected chi connectivity index (χ4v) is 2.87. The highest BCUT2D eigenvalue weighted by atomic mass is 19.1. The lowest BCUT2D eigenvalue weighted by Crippen LogP contribution is -2.01. The van der Waals surface area contributed by atoms with Crippen molar-refractivity contribution in [3.05, 3.63) is 65.6 Å². The summed E-state index contributed by atoms with van der Waals surface area (Å²) < 4.78 is 35.3. The molecule has 126 valence electrons. The minimum Gasteiger partial charge on any atom is -0.339 e. The van der Waals surface area contributed by atoms with Crippen LogP contribution in [0.25, 0.3) is 28.1 Å². The molecule has 2 aromatic carbocycles. The first-order valence-electron chi connectivity index (χ1n) is 7.68. The number of hydrogen-bond acceptors (Lipinski definition) is 4. The predicted molar refractivity (Wildman–Crippen MR) is 89.1 cm³/mol. The summed E-state index contributed by atoms with van der Waals surface area (Å²) in [6, 6.07) is 11.3. The molecular formula is C18H14F2N4O.